The Balaban J connectivity index is 2.41. The van der Waals surface area contributed by atoms with E-state index >= 15 is 0 Å². The zero-order valence-corrected chi connectivity index (χ0v) is 12.6. The molecule has 0 radical (unpaired) electrons. The van der Waals surface area contributed by atoms with E-state index in [1.54, 1.807) is 31.2 Å². The molecule has 0 saturated heterocycles. The van der Waals surface area contributed by atoms with Gasteiger partial charge in [0, 0.05) is 11.1 Å². The van der Waals surface area contributed by atoms with Crippen molar-refractivity contribution >= 4 is 23.6 Å². The van der Waals surface area contributed by atoms with E-state index in [9.17, 15) is 14.0 Å². The maximum Gasteiger partial charge on any atom is 0.350 e. The third kappa shape index (κ3) is 5.85. The maximum atomic E-state index is 13.3. The highest BCUT2D eigenvalue weighted by atomic mass is 32.2. The van der Waals surface area contributed by atoms with E-state index < -0.39 is 17.7 Å². The summed E-state index contributed by atoms with van der Waals surface area (Å²) in [4.78, 5) is 23.2. The molecule has 0 aromatic heterocycles. The third-order valence-corrected chi connectivity index (χ3v) is 3.29. The van der Waals surface area contributed by atoms with Crippen LogP contribution in [0.5, 0.6) is 0 Å². The van der Waals surface area contributed by atoms with Crippen molar-refractivity contribution in [2.45, 2.75) is 11.8 Å². The first-order valence-corrected chi connectivity index (χ1v) is 7.26. The minimum absolute atomic E-state index is 0.0247. The molecule has 6 nitrogen and oxygen atoms in total. The molecule has 1 aromatic rings. The highest BCUT2D eigenvalue weighted by molar-refractivity contribution is 8.00. The zero-order chi connectivity index (χ0) is 16.4. The SMILES string of the molecule is CCOC(=O)/C(C#N)=C/NNC(=O)CSc1ccccc1F. The van der Waals surface area contributed by atoms with Gasteiger partial charge < -0.3 is 10.2 Å². The fraction of sp³-hybridized carbons (Fsp3) is 0.214. The number of nitrogens with one attached hydrogen (secondary N) is 2. The predicted octanol–water partition coefficient (Wildman–Crippen LogP) is 1.51. The summed E-state index contributed by atoms with van der Waals surface area (Å²) in [5.74, 6) is -1.65. The minimum Gasteiger partial charge on any atom is -0.462 e. The van der Waals surface area contributed by atoms with Crippen molar-refractivity contribution in [1.82, 2.24) is 10.9 Å². The molecule has 1 rings (SSSR count). The van der Waals surface area contributed by atoms with Crippen LogP contribution in [0.4, 0.5) is 4.39 Å². The number of carbonyl (C=O) groups excluding carboxylic acids is 2. The molecule has 0 saturated carbocycles. The van der Waals surface area contributed by atoms with E-state index in [0.29, 0.717) is 4.90 Å². The van der Waals surface area contributed by atoms with Crippen LogP contribution in [0.1, 0.15) is 6.92 Å². The quantitative estimate of drug-likeness (QED) is 0.260. The number of rotatable bonds is 7. The van der Waals surface area contributed by atoms with Crippen molar-refractivity contribution in [2.75, 3.05) is 12.4 Å². The summed E-state index contributed by atoms with van der Waals surface area (Å²) >= 11 is 1.03. The molecule has 22 heavy (non-hydrogen) atoms. The van der Waals surface area contributed by atoms with Gasteiger partial charge in [-0.2, -0.15) is 5.26 Å². The molecule has 0 aliphatic rings. The van der Waals surface area contributed by atoms with Crippen LogP contribution in [-0.2, 0) is 14.3 Å². The van der Waals surface area contributed by atoms with Crippen LogP contribution < -0.4 is 10.9 Å². The van der Waals surface area contributed by atoms with Crippen molar-refractivity contribution in [3.05, 3.63) is 41.9 Å². The first-order chi connectivity index (χ1) is 10.6. The smallest absolute Gasteiger partial charge is 0.350 e. The van der Waals surface area contributed by atoms with Gasteiger partial charge in [0.15, 0.2) is 5.57 Å². The lowest BCUT2D eigenvalue weighted by molar-refractivity contribution is -0.138. The Kier molecular flexibility index (Phi) is 7.50. The molecule has 2 N–H and O–H groups in total. The van der Waals surface area contributed by atoms with Crippen molar-refractivity contribution in [2.24, 2.45) is 0 Å². The van der Waals surface area contributed by atoms with Crippen LogP contribution in [-0.4, -0.2) is 24.2 Å². The number of amides is 1. The van der Waals surface area contributed by atoms with Gasteiger partial charge in [0.1, 0.15) is 11.9 Å². The monoisotopic (exact) mass is 323 g/mol. The number of ether oxygens (including phenoxy) is 1. The molecular weight excluding hydrogens is 309 g/mol. The number of halogens is 1. The van der Waals surface area contributed by atoms with Gasteiger partial charge in [-0.15, -0.1) is 11.8 Å². The number of esters is 1. The minimum atomic E-state index is -0.785. The molecule has 0 heterocycles. The topological polar surface area (TPSA) is 91.2 Å². The average Bonchev–Trinajstić information content (AvgIpc) is 2.51. The van der Waals surface area contributed by atoms with Crippen LogP contribution >= 0.6 is 11.8 Å². The number of hydrogen-bond donors (Lipinski definition) is 2. The molecule has 0 spiro atoms. The predicted molar refractivity (Wildman–Crippen MR) is 78.7 cm³/mol. The van der Waals surface area contributed by atoms with E-state index in [-0.39, 0.29) is 17.9 Å². The van der Waals surface area contributed by atoms with Crippen LogP contribution in [0.25, 0.3) is 0 Å². The van der Waals surface area contributed by atoms with Gasteiger partial charge in [-0.25, -0.2) is 9.18 Å². The van der Waals surface area contributed by atoms with Crippen molar-refractivity contribution in [3.8, 4) is 6.07 Å². The maximum absolute atomic E-state index is 13.3. The summed E-state index contributed by atoms with van der Waals surface area (Å²) in [5, 5.41) is 8.75. The molecule has 0 unspecified atom stereocenters. The number of nitriles is 1. The highest BCUT2D eigenvalue weighted by Crippen LogP contribution is 2.20. The summed E-state index contributed by atoms with van der Waals surface area (Å²) < 4.78 is 18.0. The van der Waals surface area contributed by atoms with Crippen LogP contribution in [0, 0.1) is 17.1 Å². The van der Waals surface area contributed by atoms with E-state index in [2.05, 4.69) is 15.6 Å². The average molecular weight is 323 g/mol. The molecule has 8 heteroatoms. The number of thioether (sulfide) groups is 1. The number of carbonyl (C=O) groups is 2. The second-order valence-electron chi connectivity index (χ2n) is 3.80. The summed E-state index contributed by atoms with van der Waals surface area (Å²) in [6, 6.07) is 7.74. The molecular formula is C14H14FN3O3S. The number of nitrogens with zero attached hydrogens (tertiary/aromatic N) is 1. The second kappa shape index (κ2) is 9.41. The third-order valence-electron chi connectivity index (χ3n) is 2.24. The van der Waals surface area contributed by atoms with Gasteiger partial charge in [0.05, 0.1) is 12.4 Å². The van der Waals surface area contributed by atoms with Gasteiger partial charge in [-0.1, -0.05) is 12.1 Å². The molecule has 1 aromatic carbocycles. The number of benzene rings is 1. The molecule has 1 amide bonds. The second-order valence-corrected chi connectivity index (χ2v) is 4.82. The van der Waals surface area contributed by atoms with E-state index in [4.69, 9.17) is 5.26 Å². The van der Waals surface area contributed by atoms with Gasteiger partial charge in [-0.3, -0.25) is 10.2 Å². The first kappa shape index (κ1) is 17.5. The summed E-state index contributed by atoms with van der Waals surface area (Å²) in [6.45, 7) is 1.76. The summed E-state index contributed by atoms with van der Waals surface area (Å²) in [5.41, 5.74) is 4.33. The lowest BCUT2D eigenvalue weighted by atomic mass is 10.3. The Hall–Kier alpha value is -2.53. The van der Waals surface area contributed by atoms with E-state index in [1.807, 2.05) is 0 Å². The Morgan fingerprint density at radius 2 is 2.18 bits per heavy atom. The van der Waals surface area contributed by atoms with Crippen LogP contribution in [0.3, 0.4) is 0 Å². The zero-order valence-electron chi connectivity index (χ0n) is 11.8. The van der Waals surface area contributed by atoms with Gasteiger partial charge in [-0.05, 0) is 19.1 Å². The van der Waals surface area contributed by atoms with Crippen molar-refractivity contribution < 1.29 is 18.7 Å². The van der Waals surface area contributed by atoms with E-state index in [0.717, 1.165) is 18.0 Å². The van der Waals surface area contributed by atoms with E-state index in [1.165, 1.54) is 6.07 Å². The standard InChI is InChI=1S/C14H14FN3O3S/c1-2-21-14(20)10(7-16)8-17-18-13(19)9-22-12-6-4-3-5-11(12)15/h3-6,8,17H,2,9H2,1H3,(H,18,19)/b10-8+. The first-order valence-electron chi connectivity index (χ1n) is 6.27. The largest absolute Gasteiger partial charge is 0.462 e. The Bertz CT molecular complexity index is 614. The lowest BCUT2D eigenvalue weighted by Gasteiger charge is -2.06. The van der Waals surface area contributed by atoms with Gasteiger partial charge in [0.2, 0.25) is 5.91 Å². The van der Waals surface area contributed by atoms with Crippen LogP contribution in [0.2, 0.25) is 0 Å². The van der Waals surface area contributed by atoms with Gasteiger partial charge >= 0.3 is 5.97 Å². The normalized spacial score (nSPS) is 10.5. The molecule has 116 valence electrons. The van der Waals surface area contributed by atoms with Gasteiger partial charge in [0.25, 0.3) is 0 Å². The molecule has 0 bridgehead atoms. The fourth-order valence-electron chi connectivity index (χ4n) is 1.28. The summed E-state index contributed by atoms with van der Waals surface area (Å²) in [6.07, 6.45) is 1.03. The molecule has 0 aliphatic heterocycles. The molecule has 0 atom stereocenters. The Morgan fingerprint density at radius 3 is 2.82 bits per heavy atom. The molecule has 0 fully saturated rings. The lowest BCUT2D eigenvalue weighted by Crippen LogP contribution is -2.35. The fourth-order valence-corrected chi connectivity index (χ4v) is 2.02. The summed E-state index contributed by atoms with van der Waals surface area (Å²) in [7, 11) is 0. The Labute approximate surface area is 131 Å². The van der Waals surface area contributed by atoms with Crippen molar-refractivity contribution in [3.63, 3.8) is 0 Å². The number of hydrogen-bond acceptors (Lipinski definition) is 6. The van der Waals surface area contributed by atoms with Crippen molar-refractivity contribution in [1.29, 1.82) is 5.26 Å². The highest BCUT2D eigenvalue weighted by Gasteiger charge is 2.09. The Morgan fingerprint density at radius 1 is 1.45 bits per heavy atom. The van der Waals surface area contributed by atoms with Crippen LogP contribution in [0.15, 0.2) is 40.9 Å². The number of hydrazine groups is 1. The molecule has 0 aliphatic carbocycles.